The van der Waals surface area contributed by atoms with E-state index in [1.807, 2.05) is 18.2 Å². The summed E-state index contributed by atoms with van der Waals surface area (Å²) >= 11 is 0. The molecule has 0 aliphatic rings. The molecular weight excluding hydrogens is 250 g/mol. The number of nitrogens with zero attached hydrogens (tertiary/aromatic N) is 1. The van der Waals surface area contributed by atoms with Gasteiger partial charge in [-0.3, -0.25) is 15.1 Å². The molecule has 0 fully saturated rings. The van der Waals surface area contributed by atoms with E-state index in [9.17, 15) is 4.79 Å². The number of amides is 1. The average molecular weight is 277 g/mol. The lowest BCUT2D eigenvalue weighted by Crippen LogP contribution is -2.32. The standard InChI is InChI=1S/C16H27N3O/c1-12(2)9-13(3)19(4)11-15-8-6-5-7-14(15)10-16(20)18-17/h5-8,12-13H,9-11,17H2,1-4H3,(H,18,20). The molecule has 112 valence electrons. The van der Waals surface area contributed by atoms with Gasteiger partial charge in [-0.15, -0.1) is 0 Å². The van der Waals surface area contributed by atoms with Crippen LogP contribution in [0.3, 0.4) is 0 Å². The van der Waals surface area contributed by atoms with Crippen LogP contribution in [0.1, 0.15) is 38.3 Å². The van der Waals surface area contributed by atoms with Gasteiger partial charge in [0.25, 0.3) is 0 Å². The van der Waals surface area contributed by atoms with E-state index in [2.05, 4.69) is 44.2 Å². The highest BCUT2D eigenvalue weighted by Crippen LogP contribution is 2.16. The van der Waals surface area contributed by atoms with E-state index in [1.165, 1.54) is 12.0 Å². The number of hydrazine groups is 1. The lowest BCUT2D eigenvalue weighted by Gasteiger charge is -2.27. The Balaban J connectivity index is 2.73. The van der Waals surface area contributed by atoms with E-state index in [1.54, 1.807) is 0 Å². The van der Waals surface area contributed by atoms with E-state index < -0.39 is 0 Å². The monoisotopic (exact) mass is 277 g/mol. The molecule has 0 radical (unpaired) electrons. The maximum absolute atomic E-state index is 11.4. The average Bonchev–Trinajstić information content (AvgIpc) is 2.39. The summed E-state index contributed by atoms with van der Waals surface area (Å²) in [6, 6.07) is 8.57. The Hall–Kier alpha value is -1.39. The van der Waals surface area contributed by atoms with E-state index in [0.717, 1.165) is 12.1 Å². The summed E-state index contributed by atoms with van der Waals surface area (Å²) in [5.74, 6) is 5.69. The molecule has 0 bridgehead atoms. The Labute approximate surface area is 122 Å². The van der Waals surface area contributed by atoms with Crippen molar-refractivity contribution in [1.29, 1.82) is 0 Å². The Morgan fingerprint density at radius 3 is 2.40 bits per heavy atom. The quantitative estimate of drug-likeness (QED) is 0.456. The zero-order chi connectivity index (χ0) is 15.1. The van der Waals surface area contributed by atoms with Crippen molar-refractivity contribution in [3.8, 4) is 0 Å². The van der Waals surface area contributed by atoms with Gasteiger partial charge in [-0.2, -0.15) is 0 Å². The first-order valence-electron chi connectivity index (χ1n) is 7.20. The van der Waals surface area contributed by atoms with Crippen LogP contribution < -0.4 is 11.3 Å². The molecule has 1 rings (SSSR count). The van der Waals surface area contributed by atoms with Gasteiger partial charge in [-0.25, -0.2) is 5.84 Å². The predicted molar refractivity (Wildman–Crippen MR) is 82.9 cm³/mol. The van der Waals surface area contributed by atoms with Crippen molar-refractivity contribution in [3.05, 3.63) is 35.4 Å². The summed E-state index contributed by atoms with van der Waals surface area (Å²) in [7, 11) is 2.13. The molecule has 0 saturated carbocycles. The number of carbonyl (C=O) groups is 1. The van der Waals surface area contributed by atoms with Gasteiger partial charge in [0.2, 0.25) is 5.91 Å². The molecule has 1 amide bonds. The molecule has 0 aliphatic heterocycles. The van der Waals surface area contributed by atoms with Crippen molar-refractivity contribution in [1.82, 2.24) is 10.3 Å². The Morgan fingerprint density at radius 2 is 1.85 bits per heavy atom. The second-order valence-electron chi connectivity index (χ2n) is 5.91. The molecule has 1 aromatic carbocycles. The van der Waals surface area contributed by atoms with E-state index >= 15 is 0 Å². The molecule has 1 atom stereocenters. The molecular formula is C16H27N3O. The highest BCUT2D eigenvalue weighted by Gasteiger charge is 2.14. The second kappa shape index (κ2) is 8.02. The maximum Gasteiger partial charge on any atom is 0.238 e. The van der Waals surface area contributed by atoms with E-state index in [-0.39, 0.29) is 5.91 Å². The van der Waals surface area contributed by atoms with Crippen LogP contribution in [-0.2, 0) is 17.8 Å². The molecule has 20 heavy (non-hydrogen) atoms. The number of rotatable bonds is 7. The largest absolute Gasteiger partial charge is 0.299 e. The smallest absolute Gasteiger partial charge is 0.238 e. The first-order chi connectivity index (χ1) is 9.43. The number of carbonyl (C=O) groups excluding carboxylic acids is 1. The Kier molecular flexibility index (Phi) is 6.68. The topological polar surface area (TPSA) is 58.4 Å². The Bertz CT molecular complexity index is 431. The summed E-state index contributed by atoms with van der Waals surface area (Å²) in [5.41, 5.74) is 4.42. The van der Waals surface area contributed by atoms with Crippen LogP contribution >= 0.6 is 0 Å². The van der Waals surface area contributed by atoms with Gasteiger partial charge in [-0.05, 0) is 37.4 Å². The maximum atomic E-state index is 11.4. The van der Waals surface area contributed by atoms with E-state index in [4.69, 9.17) is 5.84 Å². The fraction of sp³-hybridized carbons (Fsp3) is 0.562. The molecule has 0 spiro atoms. The van der Waals surface area contributed by atoms with Gasteiger partial charge in [0.15, 0.2) is 0 Å². The third-order valence-corrected chi connectivity index (χ3v) is 3.62. The minimum atomic E-state index is -0.157. The lowest BCUT2D eigenvalue weighted by atomic mass is 10.0. The molecule has 0 aliphatic carbocycles. The summed E-state index contributed by atoms with van der Waals surface area (Å²) in [4.78, 5) is 13.8. The number of benzene rings is 1. The number of nitrogens with two attached hydrogens (primary N) is 1. The number of hydrogen-bond acceptors (Lipinski definition) is 3. The first-order valence-corrected chi connectivity index (χ1v) is 7.20. The third-order valence-electron chi connectivity index (χ3n) is 3.62. The SMILES string of the molecule is CC(C)CC(C)N(C)Cc1ccccc1CC(=O)NN. The highest BCUT2D eigenvalue weighted by atomic mass is 16.2. The van der Waals surface area contributed by atoms with Crippen molar-refractivity contribution < 1.29 is 4.79 Å². The van der Waals surface area contributed by atoms with Gasteiger partial charge in [-0.1, -0.05) is 38.1 Å². The summed E-state index contributed by atoms with van der Waals surface area (Å²) in [6.45, 7) is 7.57. The van der Waals surface area contributed by atoms with Crippen molar-refractivity contribution >= 4 is 5.91 Å². The van der Waals surface area contributed by atoms with Crippen LogP contribution in [0.5, 0.6) is 0 Å². The Morgan fingerprint density at radius 1 is 1.25 bits per heavy atom. The van der Waals surface area contributed by atoms with Crippen molar-refractivity contribution in [2.45, 2.75) is 46.2 Å². The fourth-order valence-corrected chi connectivity index (χ4v) is 2.39. The molecule has 0 heterocycles. The van der Waals surface area contributed by atoms with Gasteiger partial charge in [0, 0.05) is 12.6 Å². The van der Waals surface area contributed by atoms with Gasteiger partial charge in [0.05, 0.1) is 6.42 Å². The molecule has 0 aromatic heterocycles. The summed E-state index contributed by atoms with van der Waals surface area (Å²) < 4.78 is 0. The number of hydrogen-bond donors (Lipinski definition) is 2. The molecule has 0 saturated heterocycles. The van der Waals surface area contributed by atoms with Gasteiger partial charge < -0.3 is 0 Å². The van der Waals surface area contributed by atoms with Crippen LogP contribution in [0.4, 0.5) is 0 Å². The second-order valence-corrected chi connectivity index (χ2v) is 5.91. The van der Waals surface area contributed by atoms with Crippen LogP contribution in [0.2, 0.25) is 0 Å². The van der Waals surface area contributed by atoms with Gasteiger partial charge in [0.1, 0.15) is 0 Å². The van der Waals surface area contributed by atoms with Gasteiger partial charge >= 0.3 is 0 Å². The zero-order valence-corrected chi connectivity index (χ0v) is 13.0. The highest BCUT2D eigenvalue weighted by molar-refractivity contribution is 5.78. The van der Waals surface area contributed by atoms with Crippen molar-refractivity contribution in [3.63, 3.8) is 0 Å². The molecule has 4 nitrogen and oxygen atoms in total. The van der Waals surface area contributed by atoms with Crippen molar-refractivity contribution in [2.75, 3.05) is 7.05 Å². The zero-order valence-electron chi connectivity index (χ0n) is 13.0. The third kappa shape index (κ3) is 5.31. The van der Waals surface area contributed by atoms with Crippen LogP contribution in [-0.4, -0.2) is 23.9 Å². The molecule has 4 heteroatoms. The van der Waals surface area contributed by atoms with Crippen molar-refractivity contribution in [2.24, 2.45) is 11.8 Å². The minimum absolute atomic E-state index is 0.157. The molecule has 1 aromatic rings. The van der Waals surface area contributed by atoms with Crippen LogP contribution in [0.25, 0.3) is 0 Å². The van der Waals surface area contributed by atoms with Crippen LogP contribution in [0.15, 0.2) is 24.3 Å². The summed E-state index contributed by atoms with van der Waals surface area (Å²) in [5, 5.41) is 0. The lowest BCUT2D eigenvalue weighted by molar-refractivity contribution is -0.120. The fourth-order valence-electron chi connectivity index (χ4n) is 2.39. The minimum Gasteiger partial charge on any atom is -0.299 e. The molecule has 3 N–H and O–H groups in total. The first kappa shape index (κ1) is 16.7. The van der Waals surface area contributed by atoms with Crippen LogP contribution in [0, 0.1) is 5.92 Å². The predicted octanol–water partition coefficient (Wildman–Crippen LogP) is 2.09. The normalized spacial score (nSPS) is 12.8. The van der Waals surface area contributed by atoms with E-state index in [0.29, 0.717) is 18.4 Å². The molecule has 1 unspecified atom stereocenters. The summed E-state index contributed by atoms with van der Waals surface area (Å²) in [6.07, 6.45) is 1.50. The number of nitrogens with one attached hydrogen (secondary N) is 1.